The molecule has 24 heavy (non-hydrogen) atoms. The number of hydrogen-bond acceptors (Lipinski definition) is 3. The zero-order valence-corrected chi connectivity index (χ0v) is 13.5. The average molecular weight is 335 g/mol. The number of amides is 1. The fourth-order valence-electron chi connectivity index (χ4n) is 3.05. The maximum Gasteiger partial charge on any atom is 0.257 e. The van der Waals surface area contributed by atoms with Gasteiger partial charge in [-0.25, -0.2) is 8.78 Å². The largest absolute Gasteiger partial charge is 0.393 e. The lowest BCUT2D eigenvalue weighted by Crippen LogP contribution is -2.41. The molecule has 2 N–H and O–H groups in total. The predicted octanol–water partition coefficient (Wildman–Crippen LogP) is 2.25. The van der Waals surface area contributed by atoms with Crippen molar-refractivity contribution in [3.63, 3.8) is 0 Å². The van der Waals surface area contributed by atoms with E-state index in [4.69, 9.17) is 0 Å². The lowest BCUT2D eigenvalue weighted by atomic mass is 9.75. The van der Waals surface area contributed by atoms with Gasteiger partial charge in [0.1, 0.15) is 17.2 Å². The Labute approximate surface area is 138 Å². The SMILES string of the molecule is Cc1ccc(F)c(C(=O)N[C@H](c2cnn(C)c2)C2CC(O)C2)c1F. The van der Waals surface area contributed by atoms with Gasteiger partial charge in [-0.1, -0.05) is 6.07 Å². The Morgan fingerprint density at radius 2 is 2.12 bits per heavy atom. The Kier molecular flexibility index (Phi) is 4.36. The third kappa shape index (κ3) is 3.03. The van der Waals surface area contributed by atoms with E-state index in [-0.39, 0.29) is 11.5 Å². The summed E-state index contributed by atoms with van der Waals surface area (Å²) in [5.74, 6) is -2.55. The van der Waals surface area contributed by atoms with Gasteiger partial charge in [0.2, 0.25) is 0 Å². The van der Waals surface area contributed by atoms with Crippen molar-refractivity contribution in [3.05, 3.63) is 52.9 Å². The summed E-state index contributed by atoms with van der Waals surface area (Å²) in [5, 5.41) is 16.3. The summed E-state index contributed by atoms with van der Waals surface area (Å²) in [6.07, 6.45) is 4.01. The van der Waals surface area contributed by atoms with Crippen LogP contribution in [-0.2, 0) is 7.05 Å². The number of aromatic nitrogens is 2. The zero-order chi connectivity index (χ0) is 17.4. The molecule has 1 saturated carbocycles. The lowest BCUT2D eigenvalue weighted by Gasteiger charge is -2.37. The molecule has 1 heterocycles. The molecule has 1 aromatic carbocycles. The molecule has 1 aliphatic carbocycles. The first kappa shape index (κ1) is 16.6. The van der Waals surface area contributed by atoms with Crippen molar-refractivity contribution in [3.8, 4) is 0 Å². The van der Waals surface area contributed by atoms with Crippen LogP contribution in [0.5, 0.6) is 0 Å². The molecule has 0 aliphatic heterocycles. The van der Waals surface area contributed by atoms with Gasteiger partial charge >= 0.3 is 0 Å². The van der Waals surface area contributed by atoms with Crippen LogP contribution in [0.4, 0.5) is 8.78 Å². The van der Waals surface area contributed by atoms with Crippen LogP contribution in [0.25, 0.3) is 0 Å². The first-order valence-electron chi connectivity index (χ1n) is 7.79. The smallest absolute Gasteiger partial charge is 0.257 e. The van der Waals surface area contributed by atoms with E-state index in [9.17, 15) is 18.7 Å². The van der Waals surface area contributed by atoms with Crippen LogP contribution in [0.1, 0.15) is 40.4 Å². The molecule has 1 fully saturated rings. The fraction of sp³-hybridized carbons (Fsp3) is 0.412. The highest BCUT2D eigenvalue weighted by Gasteiger charge is 2.37. The van der Waals surface area contributed by atoms with Crippen molar-refractivity contribution >= 4 is 5.91 Å². The van der Waals surface area contributed by atoms with Crippen molar-refractivity contribution in [1.82, 2.24) is 15.1 Å². The minimum Gasteiger partial charge on any atom is -0.393 e. The average Bonchev–Trinajstić information content (AvgIpc) is 2.92. The van der Waals surface area contributed by atoms with Crippen LogP contribution in [-0.4, -0.2) is 26.9 Å². The zero-order valence-electron chi connectivity index (χ0n) is 13.5. The van der Waals surface area contributed by atoms with Gasteiger partial charge in [0.25, 0.3) is 5.91 Å². The molecule has 3 rings (SSSR count). The number of nitrogens with one attached hydrogen (secondary N) is 1. The second-order valence-electron chi connectivity index (χ2n) is 6.34. The van der Waals surface area contributed by atoms with Gasteiger partial charge in [-0.2, -0.15) is 5.10 Å². The number of aryl methyl sites for hydroxylation is 2. The van der Waals surface area contributed by atoms with Crippen LogP contribution in [0.2, 0.25) is 0 Å². The molecule has 0 unspecified atom stereocenters. The molecule has 1 aromatic heterocycles. The number of halogens is 2. The molecule has 1 aliphatic rings. The number of aliphatic hydroxyl groups is 1. The van der Waals surface area contributed by atoms with E-state index >= 15 is 0 Å². The quantitative estimate of drug-likeness (QED) is 0.900. The number of benzene rings is 1. The summed E-state index contributed by atoms with van der Waals surface area (Å²) in [6.45, 7) is 1.48. The maximum atomic E-state index is 14.2. The molecule has 0 bridgehead atoms. The predicted molar refractivity (Wildman–Crippen MR) is 83.2 cm³/mol. The van der Waals surface area contributed by atoms with Gasteiger partial charge in [0.05, 0.1) is 18.3 Å². The Morgan fingerprint density at radius 3 is 2.71 bits per heavy atom. The molecular weight excluding hydrogens is 316 g/mol. The molecule has 0 saturated heterocycles. The van der Waals surface area contributed by atoms with Gasteiger partial charge in [-0.3, -0.25) is 9.48 Å². The number of rotatable bonds is 4. The molecular formula is C17H19F2N3O2. The minimum atomic E-state index is -0.894. The standard InChI is InChI=1S/C17H19F2N3O2/c1-9-3-4-13(18)14(15(9)19)17(24)21-16(10-5-12(23)6-10)11-7-20-22(2)8-11/h3-4,7-8,10,12,16,23H,5-6H2,1-2H3,(H,21,24)/t10?,12?,16-/m0/s1. The van der Waals surface area contributed by atoms with Gasteiger partial charge in [-0.15, -0.1) is 0 Å². The van der Waals surface area contributed by atoms with Crippen LogP contribution in [0.15, 0.2) is 24.5 Å². The topological polar surface area (TPSA) is 67.2 Å². The Morgan fingerprint density at radius 1 is 1.42 bits per heavy atom. The maximum absolute atomic E-state index is 14.2. The highest BCUT2D eigenvalue weighted by Crippen LogP contribution is 2.38. The monoisotopic (exact) mass is 335 g/mol. The summed E-state index contributed by atoms with van der Waals surface area (Å²) in [7, 11) is 1.75. The van der Waals surface area contributed by atoms with Gasteiger partial charge < -0.3 is 10.4 Å². The van der Waals surface area contributed by atoms with E-state index in [2.05, 4.69) is 10.4 Å². The number of aliphatic hydroxyl groups excluding tert-OH is 1. The first-order chi connectivity index (χ1) is 11.4. The number of carbonyl (C=O) groups excluding carboxylic acids is 1. The molecule has 7 heteroatoms. The van der Waals surface area contributed by atoms with E-state index in [0.29, 0.717) is 12.8 Å². The van der Waals surface area contributed by atoms with Crippen molar-refractivity contribution < 1.29 is 18.7 Å². The summed E-state index contributed by atoms with van der Waals surface area (Å²) in [5.41, 5.74) is 0.374. The highest BCUT2D eigenvalue weighted by atomic mass is 19.1. The molecule has 5 nitrogen and oxygen atoms in total. The van der Waals surface area contributed by atoms with Crippen molar-refractivity contribution in [2.24, 2.45) is 13.0 Å². The molecule has 2 aromatic rings. The van der Waals surface area contributed by atoms with Crippen molar-refractivity contribution in [1.29, 1.82) is 0 Å². The van der Waals surface area contributed by atoms with Crippen molar-refractivity contribution in [2.45, 2.75) is 31.9 Å². The number of hydrogen-bond donors (Lipinski definition) is 2. The van der Waals surface area contributed by atoms with E-state index < -0.39 is 35.3 Å². The molecule has 1 atom stereocenters. The normalized spacial score (nSPS) is 21.2. The second-order valence-corrected chi connectivity index (χ2v) is 6.34. The minimum absolute atomic E-state index is 0.00378. The summed E-state index contributed by atoms with van der Waals surface area (Å²) in [4.78, 5) is 12.5. The van der Waals surface area contributed by atoms with Crippen LogP contribution in [0, 0.1) is 24.5 Å². The second kappa shape index (κ2) is 6.32. The Hall–Kier alpha value is -2.28. The van der Waals surface area contributed by atoms with E-state index in [1.807, 2.05) is 0 Å². The van der Waals surface area contributed by atoms with E-state index in [0.717, 1.165) is 11.6 Å². The highest BCUT2D eigenvalue weighted by molar-refractivity contribution is 5.95. The third-order valence-corrected chi connectivity index (χ3v) is 4.50. The Bertz CT molecular complexity index is 769. The lowest BCUT2D eigenvalue weighted by molar-refractivity contribution is 0.0234. The summed E-state index contributed by atoms with van der Waals surface area (Å²) < 4.78 is 29.7. The van der Waals surface area contributed by atoms with Crippen LogP contribution < -0.4 is 5.32 Å². The first-order valence-corrected chi connectivity index (χ1v) is 7.79. The third-order valence-electron chi connectivity index (χ3n) is 4.50. The molecule has 0 spiro atoms. The molecule has 128 valence electrons. The van der Waals surface area contributed by atoms with Gasteiger partial charge in [0, 0.05) is 18.8 Å². The van der Waals surface area contributed by atoms with Crippen LogP contribution in [0.3, 0.4) is 0 Å². The summed E-state index contributed by atoms with van der Waals surface area (Å²) >= 11 is 0. The number of nitrogens with zero attached hydrogens (tertiary/aromatic N) is 2. The Balaban J connectivity index is 1.88. The molecule has 1 amide bonds. The van der Waals surface area contributed by atoms with Crippen LogP contribution >= 0.6 is 0 Å². The fourth-order valence-corrected chi connectivity index (χ4v) is 3.05. The summed E-state index contributed by atoms with van der Waals surface area (Å²) in [6, 6.07) is 1.93. The van der Waals surface area contributed by atoms with Gasteiger partial charge in [-0.05, 0) is 37.3 Å². The van der Waals surface area contributed by atoms with E-state index in [1.165, 1.54) is 13.0 Å². The van der Waals surface area contributed by atoms with Crippen molar-refractivity contribution in [2.75, 3.05) is 0 Å². The number of carbonyl (C=O) groups is 1. The van der Waals surface area contributed by atoms with Gasteiger partial charge in [0.15, 0.2) is 0 Å². The van der Waals surface area contributed by atoms with E-state index in [1.54, 1.807) is 24.1 Å². The molecule has 0 radical (unpaired) electrons.